The molecule has 2 aromatic heterocycles. The highest BCUT2D eigenvalue weighted by molar-refractivity contribution is 5.70. The van der Waals surface area contributed by atoms with E-state index >= 15 is 0 Å². The van der Waals surface area contributed by atoms with Crippen molar-refractivity contribution in [3.63, 3.8) is 0 Å². The van der Waals surface area contributed by atoms with Crippen molar-refractivity contribution < 1.29 is 4.74 Å². The summed E-state index contributed by atoms with van der Waals surface area (Å²) in [6.45, 7) is 8.01. The van der Waals surface area contributed by atoms with Crippen LogP contribution in [-0.4, -0.2) is 35.7 Å². The number of fused-ring (bicyclic) bond motifs is 1. The largest absolute Gasteiger partial charge is 0.378 e. The number of hydrogen-bond donors (Lipinski definition) is 0. The lowest BCUT2D eigenvalue weighted by atomic mass is 10.1. The molecular formula is C16H21N3O. The summed E-state index contributed by atoms with van der Waals surface area (Å²) >= 11 is 0. The number of aryl methyl sites for hydroxylation is 1. The van der Waals surface area contributed by atoms with Crippen LogP contribution in [0.3, 0.4) is 0 Å². The van der Waals surface area contributed by atoms with Gasteiger partial charge in [0, 0.05) is 30.9 Å². The number of anilines is 1. The highest BCUT2D eigenvalue weighted by Gasteiger charge is 2.41. The summed E-state index contributed by atoms with van der Waals surface area (Å²) in [6.07, 6.45) is 6.94. The van der Waals surface area contributed by atoms with Crippen molar-refractivity contribution in [2.24, 2.45) is 0 Å². The zero-order chi connectivity index (χ0) is 13.7. The van der Waals surface area contributed by atoms with Gasteiger partial charge in [0.2, 0.25) is 0 Å². The SMILES string of the molecule is Cc1cc(N2CCOCC2)c2nc(C3(C)CC3)cn2c1. The van der Waals surface area contributed by atoms with E-state index in [1.165, 1.54) is 29.8 Å². The minimum absolute atomic E-state index is 0.322. The summed E-state index contributed by atoms with van der Waals surface area (Å²) in [7, 11) is 0. The van der Waals surface area contributed by atoms with Crippen LogP contribution in [0.15, 0.2) is 18.5 Å². The Labute approximate surface area is 119 Å². The first kappa shape index (κ1) is 12.2. The summed E-state index contributed by atoms with van der Waals surface area (Å²) in [5.74, 6) is 0. The van der Waals surface area contributed by atoms with Crippen LogP contribution in [0, 0.1) is 6.92 Å². The first-order valence-corrected chi connectivity index (χ1v) is 7.48. The van der Waals surface area contributed by atoms with Gasteiger partial charge in [-0.1, -0.05) is 6.92 Å². The van der Waals surface area contributed by atoms with Crippen molar-refractivity contribution in [1.29, 1.82) is 0 Å². The topological polar surface area (TPSA) is 29.8 Å². The summed E-state index contributed by atoms with van der Waals surface area (Å²) in [5.41, 5.74) is 5.20. The molecule has 4 rings (SSSR count). The van der Waals surface area contributed by atoms with E-state index in [-0.39, 0.29) is 0 Å². The molecule has 4 heteroatoms. The van der Waals surface area contributed by atoms with E-state index in [0.717, 1.165) is 32.0 Å². The highest BCUT2D eigenvalue weighted by Crippen LogP contribution is 2.47. The lowest BCUT2D eigenvalue weighted by Gasteiger charge is -2.29. The van der Waals surface area contributed by atoms with Crippen LogP contribution >= 0.6 is 0 Å². The van der Waals surface area contributed by atoms with E-state index in [2.05, 4.69) is 41.6 Å². The van der Waals surface area contributed by atoms with Crippen LogP contribution in [0.4, 0.5) is 5.69 Å². The van der Waals surface area contributed by atoms with Gasteiger partial charge < -0.3 is 14.0 Å². The normalized spacial score (nSPS) is 21.4. The molecule has 0 atom stereocenters. The molecule has 0 amide bonds. The van der Waals surface area contributed by atoms with Gasteiger partial charge in [0.25, 0.3) is 0 Å². The minimum atomic E-state index is 0.322. The van der Waals surface area contributed by atoms with Gasteiger partial charge in [0.15, 0.2) is 5.65 Å². The molecule has 0 N–H and O–H groups in total. The molecule has 4 nitrogen and oxygen atoms in total. The van der Waals surface area contributed by atoms with Gasteiger partial charge in [-0.05, 0) is 31.4 Å². The maximum absolute atomic E-state index is 5.46. The zero-order valence-electron chi connectivity index (χ0n) is 12.2. The zero-order valence-corrected chi connectivity index (χ0v) is 12.2. The number of imidazole rings is 1. The van der Waals surface area contributed by atoms with Gasteiger partial charge in [0.05, 0.1) is 24.6 Å². The van der Waals surface area contributed by atoms with Crippen LogP contribution in [-0.2, 0) is 10.2 Å². The predicted octanol–water partition coefficient (Wildman–Crippen LogP) is 2.53. The highest BCUT2D eigenvalue weighted by atomic mass is 16.5. The van der Waals surface area contributed by atoms with Gasteiger partial charge in [-0.2, -0.15) is 0 Å². The maximum atomic E-state index is 5.46. The molecule has 0 unspecified atom stereocenters. The number of ether oxygens (including phenoxy) is 1. The van der Waals surface area contributed by atoms with Gasteiger partial charge in [0.1, 0.15) is 0 Å². The lowest BCUT2D eigenvalue weighted by molar-refractivity contribution is 0.123. The van der Waals surface area contributed by atoms with E-state index in [1.807, 2.05) is 0 Å². The number of aromatic nitrogens is 2. The van der Waals surface area contributed by atoms with Crippen LogP contribution < -0.4 is 4.90 Å². The molecule has 0 spiro atoms. The van der Waals surface area contributed by atoms with Gasteiger partial charge in [-0.3, -0.25) is 0 Å². The smallest absolute Gasteiger partial charge is 0.160 e. The Morgan fingerprint density at radius 3 is 2.65 bits per heavy atom. The molecule has 0 radical (unpaired) electrons. The minimum Gasteiger partial charge on any atom is -0.378 e. The van der Waals surface area contributed by atoms with Gasteiger partial charge in [-0.15, -0.1) is 0 Å². The first-order chi connectivity index (χ1) is 9.66. The summed E-state index contributed by atoms with van der Waals surface area (Å²) in [6, 6.07) is 2.26. The fourth-order valence-corrected chi connectivity index (χ4v) is 2.99. The molecule has 2 fully saturated rings. The molecule has 1 aliphatic carbocycles. The molecule has 0 bridgehead atoms. The first-order valence-electron chi connectivity index (χ1n) is 7.48. The van der Waals surface area contributed by atoms with Crippen molar-refractivity contribution in [1.82, 2.24) is 9.38 Å². The third-order valence-corrected chi connectivity index (χ3v) is 4.64. The van der Waals surface area contributed by atoms with Crippen molar-refractivity contribution in [2.45, 2.75) is 32.1 Å². The van der Waals surface area contributed by atoms with Gasteiger partial charge >= 0.3 is 0 Å². The van der Waals surface area contributed by atoms with E-state index in [9.17, 15) is 0 Å². The molecule has 106 valence electrons. The number of pyridine rings is 1. The fraction of sp³-hybridized carbons (Fsp3) is 0.562. The van der Waals surface area contributed by atoms with Crippen molar-refractivity contribution in [3.05, 3.63) is 29.7 Å². The molecule has 1 aliphatic heterocycles. The fourth-order valence-electron chi connectivity index (χ4n) is 2.99. The number of rotatable bonds is 2. The second-order valence-electron chi connectivity index (χ2n) is 6.42. The average Bonchev–Trinajstić information content (AvgIpc) is 3.06. The second-order valence-corrected chi connectivity index (χ2v) is 6.42. The number of morpholine rings is 1. The quantitative estimate of drug-likeness (QED) is 0.840. The number of nitrogens with zero attached hydrogens (tertiary/aromatic N) is 3. The standard InChI is InChI=1S/C16H21N3O/c1-12-9-13(18-5-7-20-8-6-18)15-17-14(11-19(15)10-12)16(2)3-4-16/h9-11H,3-8H2,1-2H3. The molecule has 2 aliphatic rings. The Morgan fingerprint density at radius 1 is 1.20 bits per heavy atom. The molecule has 2 aromatic rings. The predicted molar refractivity (Wildman–Crippen MR) is 79.5 cm³/mol. The molecular weight excluding hydrogens is 250 g/mol. The van der Waals surface area contributed by atoms with E-state index < -0.39 is 0 Å². The molecule has 3 heterocycles. The Balaban J connectivity index is 1.83. The van der Waals surface area contributed by atoms with E-state index in [0.29, 0.717) is 5.41 Å². The average molecular weight is 271 g/mol. The molecule has 1 saturated heterocycles. The Hall–Kier alpha value is -1.55. The maximum Gasteiger partial charge on any atom is 0.160 e. The van der Waals surface area contributed by atoms with Crippen LogP contribution in [0.1, 0.15) is 31.0 Å². The lowest BCUT2D eigenvalue weighted by Crippen LogP contribution is -2.36. The summed E-state index contributed by atoms with van der Waals surface area (Å²) in [5, 5.41) is 0. The molecule has 1 saturated carbocycles. The van der Waals surface area contributed by atoms with Crippen molar-refractivity contribution >= 4 is 11.3 Å². The van der Waals surface area contributed by atoms with Crippen LogP contribution in [0.5, 0.6) is 0 Å². The van der Waals surface area contributed by atoms with E-state index in [1.54, 1.807) is 0 Å². The molecule has 0 aromatic carbocycles. The Morgan fingerprint density at radius 2 is 1.95 bits per heavy atom. The van der Waals surface area contributed by atoms with Crippen molar-refractivity contribution in [3.8, 4) is 0 Å². The monoisotopic (exact) mass is 271 g/mol. The molecule has 20 heavy (non-hydrogen) atoms. The van der Waals surface area contributed by atoms with Crippen LogP contribution in [0.25, 0.3) is 5.65 Å². The third kappa shape index (κ3) is 1.90. The summed E-state index contributed by atoms with van der Waals surface area (Å²) < 4.78 is 7.67. The third-order valence-electron chi connectivity index (χ3n) is 4.64. The van der Waals surface area contributed by atoms with Crippen molar-refractivity contribution in [2.75, 3.05) is 31.2 Å². The van der Waals surface area contributed by atoms with Crippen LogP contribution in [0.2, 0.25) is 0 Å². The number of hydrogen-bond acceptors (Lipinski definition) is 3. The summed E-state index contributed by atoms with van der Waals surface area (Å²) in [4.78, 5) is 7.34. The second kappa shape index (κ2) is 4.22. The van der Waals surface area contributed by atoms with Gasteiger partial charge in [-0.25, -0.2) is 4.98 Å². The Kier molecular flexibility index (Phi) is 2.58. The van der Waals surface area contributed by atoms with E-state index in [4.69, 9.17) is 9.72 Å². The Bertz CT molecular complexity index is 651.